The maximum absolute atomic E-state index is 11.9. The van der Waals surface area contributed by atoms with Crippen LogP contribution in [-0.2, 0) is 10.0 Å². The summed E-state index contributed by atoms with van der Waals surface area (Å²) in [7, 11) is -3.35. The second-order valence-electron chi connectivity index (χ2n) is 4.14. The van der Waals surface area contributed by atoms with Gasteiger partial charge in [0.1, 0.15) is 0 Å². The van der Waals surface area contributed by atoms with E-state index in [9.17, 15) is 8.42 Å². The van der Waals surface area contributed by atoms with Gasteiger partial charge < -0.3 is 0 Å². The van der Waals surface area contributed by atoms with Crippen LogP contribution in [0.5, 0.6) is 0 Å². The van der Waals surface area contributed by atoms with Gasteiger partial charge in [0.2, 0.25) is 10.0 Å². The molecular weight excluding hydrogens is 302 g/mol. The van der Waals surface area contributed by atoms with Gasteiger partial charge in [0.15, 0.2) is 0 Å². The van der Waals surface area contributed by atoms with Crippen LogP contribution in [0.2, 0.25) is 0 Å². The maximum atomic E-state index is 11.9. The van der Waals surface area contributed by atoms with Crippen molar-refractivity contribution in [1.29, 1.82) is 0 Å². The van der Waals surface area contributed by atoms with E-state index in [0.29, 0.717) is 16.3 Å². The summed E-state index contributed by atoms with van der Waals surface area (Å²) < 4.78 is 26.4. The number of aryl methyl sites for hydroxylation is 1. The van der Waals surface area contributed by atoms with Crippen LogP contribution >= 0.6 is 15.9 Å². The highest BCUT2D eigenvalue weighted by Crippen LogP contribution is 2.11. The highest BCUT2D eigenvalue weighted by molar-refractivity contribution is 9.09. The van der Waals surface area contributed by atoms with Gasteiger partial charge in [-0.05, 0) is 37.5 Å². The summed E-state index contributed by atoms with van der Waals surface area (Å²) in [6.07, 6.45) is 1.79. The molecule has 0 amide bonds. The smallest absolute Gasteiger partial charge is 0.211 e. The SMILES string of the molecule is Cc1cccc(S(=O)(=O)NCCCC(C)Br)c1. The number of halogens is 1. The topological polar surface area (TPSA) is 46.2 Å². The summed E-state index contributed by atoms with van der Waals surface area (Å²) in [6, 6.07) is 6.92. The minimum Gasteiger partial charge on any atom is -0.211 e. The molecule has 0 saturated heterocycles. The van der Waals surface area contributed by atoms with Crippen LogP contribution in [0.1, 0.15) is 25.3 Å². The van der Waals surface area contributed by atoms with Crippen molar-refractivity contribution in [3.05, 3.63) is 29.8 Å². The average Bonchev–Trinajstić information content (AvgIpc) is 2.24. The molecule has 0 radical (unpaired) electrons. The van der Waals surface area contributed by atoms with E-state index < -0.39 is 10.0 Å². The molecule has 96 valence electrons. The Hall–Kier alpha value is -0.390. The molecule has 1 unspecified atom stereocenters. The Morgan fingerprint density at radius 2 is 2.12 bits per heavy atom. The van der Waals surface area contributed by atoms with Gasteiger partial charge in [0.05, 0.1) is 4.90 Å². The standard InChI is InChI=1S/C12H18BrNO2S/c1-10-5-3-7-12(9-10)17(15,16)14-8-4-6-11(2)13/h3,5,7,9,11,14H,4,6,8H2,1-2H3. The zero-order chi connectivity index (χ0) is 12.9. The fraction of sp³-hybridized carbons (Fsp3) is 0.500. The van der Waals surface area contributed by atoms with Crippen molar-refractivity contribution in [2.45, 2.75) is 36.4 Å². The molecule has 0 saturated carbocycles. The van der Waals surface area contributed by atoms with Gasteiger partial charge in [-0.3, -0.25) is 0 Å². The first kappa shape index (κ1) is 14.7. The van der Waals surface area contributed by atoms with Crippen LogP contribution in [0.25, 0.3) is 0 Å². The maximum Gasteiger partial charge on any atom is 0.240 e. The number of alkyl halides is 1. The molecule has 1 N–H and O–H groups in total. The van der Waals surface area contributed by atoms with Crippen molar-refractivity contribution in [2.24, 2.45) is 0 Å². The fourth-order valence-corrected chi connectivity index (χ4v) is 2.96. The lowest BCUT2D eigenvalue weighted by Gasteiger charge is -2.08. The molecule has 0 spiro atoms. The average molecular weight is 320 g/mol. The third-order valence-electron chi connectivity index (χ3n) is 2.37. The first-order valence-electron chi connectivity index (χ1n) is 5.62. The van der Waals surface area contributed by atoms with E-state index in [2.05, 4.69) is 27.6 Å². The molecule has 0 aromatic heterocycles. The van der Waals surface area contributed by atoms with Gasteiger partial charge in [-0.15, -0.1) is 0 Å². The van der Waals surface area contributed by atoms with E-state index in [1.54, 1.807) is 18.2 Å². The van der Waals surface area contributed by atoms with Crippen LogP contribution < -0.4 is 4.72 Å². The summed E-state index contributed by atoms with van der Waals surface area (Å²) in [4.78, 5) is 0.760. The van der Waals surface area contributed by atoms with Crippen LogP contribution in [0.3, 0.4) is 0 Å². The number of hydrogen-bond acceptors (Lipinski definition) is 2. The predicted octanol–water partition coefficient (Wildman–Crippen LogP) is 2.84. The molecule has 1 aromatic carbocycles. The van der Waals surface area contributed by atoms with Gasteiger partial charge in [-0.2, -0.15) is 0 Å². The molecule has 0 fully saturated rings. The first-order chi connectivity index (χ1) is 7.92. The molecule has 5 heteroatoms. The molecule has 3 nitrogen and oxygen atoms in total. The highest BCUT2D eigenvalue weighted by Gasteiger charge is 2.12. The lowest BCUT2D eigenvalue weighted by atomic mass is 10.2. The van der Waals surface area contributed by atoms with Crippen molar-refractivity contribution < 1.29 is 8.42 Å². The van der Waals surface area contributed by atoms with Crippen LogP contribution in [-0.4, -0.2) is 19.8 Å². The summed E-state index contributed by atoms with van der Waals surface area (Å²) in [6.45, 7) is 4.41. The molecule has 0 aliphatic carbocycles. The van der Waals surface area contributed by atoms with E-state index in [0.717, 1.165) is 18.4 Å². The van der Waals surface area contributed by atoms with E-state index in [1.807, 2.05) is 13.0 Å². The quantitative estimate of drug-likeness (QED) is 0.647. The molecule has 1 aromatic rings. The Morgan fingerprint density at radius 3 is 2.71 bits per heavy atom. The monoisotopic (exact) mass is 319 g/mol. The van der Waals surface area contributed by atoms with Crippen LogP contribution in [0, 0.1) is 6.92 Å². The summed E-state index contributed by atoms with van der Waals surface area (Å²) in [5.41, 5.74) is 0.946. The molecular formula is C12H18BrNO2S. The Bertz CT molecular complexity index is 457. The number of sulfonamides is 1. The fourth-order valence-electron chi connectivity index (χ4n) is 1.46. The molecule has 0 aliphatic rings. The van der Waals surface area contributed by atoms with Gasteiger partial charge in [0.25, 0.3) is 0 Å². The molecule has 0 heterocycles. The third-order valence-corrected chi connectivity index (χ3v) is 4.29. The molecule has 0 bridgehead atoms. The molecule has 1 atom stereocenters. The van der Waals surface area contributed by atoms with Crippen molar-refractivity contribution in [3.63, 3.8) is 0 Å². The van der Waals surface area contributed by atoms with E-state index in [1.165, 1.54) is 0 Å². The van der Waals surface area contributed by atoms with Crippen molar-refractivity contribution in [1.82, 2.24) is 4.72 Å². The second-order valence-corrected chi connectivity index (χ2v) is 7.47. The number of benzene rings is 1. The normalized spacial score (nSPS) is 13.6. The first-order valence-corrected chi connectivity index (χ1v) is 8.02. The van der Waals surface area contributed by atoms with Crippen molar-refractivity contribution in [3.8, 4) is 0 Å². The molecule has 0 aliphatic heterocycles. The zero-order valence-electron chi connectivity index (χ0n) is 10.1. The van der Waals surface area contributed by atoms with E-state index >= 15 is 0 Å². The van der Waals surface area contributed by atoms with Gasteiger partial charge in [0, 0.05) is 11.4 Å². The summed E-state index contributed by atoms with van der Waals surface area (Å²) >= 11 is 3.43. The lowest BCUT2D eigenvalue weighted by molar-refractivity contribution is 0.576. The van der Waals surface area contributed by atoms with Crippen molar-refractivity contribution in [2.75, 3.05) is 6.54 Å². The second kappa shape index (κ2) is 6.52. The third kappa shape index (κ3) is 5.19. The lowest BCUT2D eigenvalue weighted by Crippen LogP contribution is -2.25. The van der Waals surface area contributed by atoms with Gasteiger partial charge in [-0.25, -0.2) is 13.1 Å². The number of rotatable bonds is 6. The largest absolute Gasteiger partial charge is 0.240 e. The van der Waals surface area contributed by atoms with Crippen LogP contribution in [0.15, 0.2) is 29.2 Å². The minimum absolute atomic E-state index is 0.337. The van der Waals surface area contributed by atoms with Gasteiger partial charge >= 0.3 is 0 Å². The highest BCUT2D eigenvalue weighted by atomic mass is 79.9. The van der Waals surface area contributed by atoms with Gasteiger partial charge in [-0.1, -0.05) is 35.0 Å². The Morgan fingerprint density at radius 1 is 1.41 bits per heavy atom. The Labute approximate surface area is 112 Å². The predicted molar refractivity (Wildman–Crippen MR) is 74.0 cm³/mol. The van der Waals surface area contributed by atoms with Crippen LogP contribution in [0.4, 0.5) is 0 Å². The van der Waals surface area contributed by atoms with Crippen molar-refractivity contribution >= 4 is 26.0 Å². The molecule has 17 heavy (non-hydrogen) atoms. The van der Waals surface area contributed by atoms with E-state index in [-0.39, 0.29) is 0 Å². The zero-order valence-corrected chi connectivity index (χ0v) is 12.5. The Balaban J connectivity index is 2.57. The Kier molecular flexibility index (Phi) is 5.62. The number of nitrogens with one attached hydrogen (secondary N) is 1. The summed E-state index contributed by atoms with van der Waals surface area (Å²) in [5, 5.41) is 0. The molecule has 1 rings (SSSR count). The van der Waals surface area contributed by atoms with E-state index in [4.69, 9.17) is 0 Å². The summed E-state index contributed by atoms with van der Waals surface area (Å²) in [5.74, 6) is 0. The number of hydrogen-bond donors (Lipinski definition) is 1. The minimum atomic E-state index is -3.35.